The Morgan fingerprint density at radius 1 is 1.44 bits per heavy atom. The predicted octanol–water partition coefficient (Wildman–Crippen LogP) is 1.37. The Kier molecular flexibility index (Phi) is 19.9. The van der Waals surface area contributed by atoms with Crippen molar-refractivity contribution >= 4 is 6.29 Å². The highest BCUT2D eigenvalue weighted by atomic mass is 16.2. The molecule has 2 heteroatoms. The lowest BCUT2D eigenvalue weighted by Gasteiger charge is -1.79. The van der Waals surface area contributed by atoms with Crippen molar-refractivity contribution in [2.75, 3.05) is 6.61 Å². The number of carbonyl (C=O) groups excluding carboxylic acids is 1. The molecule has 0 aliphatic rings. The second-order valence-electron chi connectivity index (χ2n) is 1.63. The second kappa shape index (κ2) is 15.6. The molecule has 0 spiro atoms. The van der Waals surface area contributed by atoms with Gasteiger partial charge in [-0.15, -0.1) is 0 Å². The maximum absolute atomic E-state index is 9.56. The monoisotopic (exact) mass is 132 g/mol. The molecule has 0 aromatic heterocycles. The number of aldehydes is 1. The van der Waals surface area contributed by atoms with E-state index in [0.717, 1.165) is 25.5 Å². The normalized spacial score (nSPS) is 7.44. The smallest absolute Gasteiger partial charge is 0.119 e. The van der Waals surface area contributed by atoms with Crippen LogP contribution in [0.15, 0.2) is 0 Å². The van der Waals surface area contributed by atoms with Crippen molar-refractivity contribution < 1.29 is 9.90 Å². The Morgan fingerprint density at radius 3 is 2.00 bits per heavy atom. The molecule has 0 aliphatic heterocycles. The molecular formula is C7H16O2. The third-order valence-corrected chi connectivity index (χ3v) is 0.676. The summed E-state index contributed by atoms with van der Waals surface area (Å²) in [7, 11) is 0. The molecule has 0 heterocycles. The Labute approximate surface area is 56.9 Å². The van der Waals surface area contributed by atoms with E-state index in [-0.39, 0.29) is 6.61 Å². The fourth-order valence-corrected chi connectivity index (χ4v) is 0.287. The van der Waals surface area contributed by atoms with Crippen LogP contribution in [0.5, 0.6) is 0 Å². The summed E-state index contributed by atoms with van der Waals surface area (Å²) in [6.07, 6.45) is 3.86. The molecule has 0 fully saturated rings. The minimum absolute atomic E-state index is 0.250. The lowest BCUT2D eigenvalue weighted by molar-refractivity contribution is -0.107. The van der Waals surface area contributed by atoms with E-state index in [0.29, 0.717) is 0 Å². The van der Waals surface area contributed by atoms with E-state index in [4.69, 9.17) is 5.11 Å². The van der Waals surface area contributed by atoms with E-state index < -0.39 is 0 Å². The van der Waals surface area contributed by atoms with Crippen LogP contribution in [0.4, 0.5) is 0 Å². The molecule has 0 bridgehead atoms. The van der Waals surface area contributed by atoms with Gasteiger partial charge in [-0.2, -0.15) is 0 Å². The molecule has 0 aromatic carbocycles. The average molecular weight is 132 g/mol. The molecule has 56 valence electrons. The third kappa shape index (κ3) is 35.0. The lowest BCUT2D eigenvalue weighted by atomic mass is 10.3. The first-order valence-electron chi connectivity index (χ1n) is 3.37. The Bertz CT molecular complexity index is 44.2. The van der Waals surface area contributed by atoms with Crippen molar-refractivity contribution in [2.24, 2.45) is 0 Å². The van der Waals surface area contributed by atoms with E-state index in [2.05, 4.69) is 6.92 Å². The van der Waals surface area contributed by atoms with Crippen LogP contribution in [-0.4, -0.2) is 18.0 Å². The highest BCUT2D eigenvalue weighted by molar-refractivity contribution is 5.48. The van der Waals surface area contributed by atoms with Crippen LogP contribution in [-0.2, 0) is 4.79 Å². The average Bonchev–Trinajstić information content (AvgIpc) is 1.86. The molecule has 0 saturated heterocycles. The summed E-state index contributed by atoms with van der Waals surface area (Å²) >= 11 is 0. The summed E-state index contributed by atoms with van der Waals surface area (Å²) in [5.41, 5.74) is 0. The van der Waals surface area contributed by atoms with Crippen molar-refractivity contribution in [3.05, 3.63) is 0 Å². The van der Waals surface area contributed by atoms with Crippen LogP contribution < -0.4 is 0 Å². The minimum Gasteiger partial charge on any atom is -0.397 e. The van der Waals surface area contributed by atoms with Gasteiger partial charge in [-0.1, -0.05) is 13.3 Å². The number of aliphatic hydroxyl groups is 1. The first kappa shape index (κ1) is 11.4. The SMILES string of the molecule is CCCCC=O.CCO. The molecule has 0 aromatic rings. The van der Waals surface area contributed by atoms with Gasteiger partial charge >= 0.3 is 0 Å². The number of unbranched alkanes of at least 4 members (excludes halogenated alkanes) is 2. The molecule has 9 heavy (non-hydrogen) atoms. The van der Waals surface area contributed by atoms with Gasteiger partial charge in [0.25, 0.3) is 0 Å². The van der Waals surface area contributed by atoms with Crippen LogP contribution in [0.25, 0.3) is 0 Å². The Hall–Kier alpha value is -0.370. The van der Waals surface area contributed by atoms with E-state index >= 15 is 0 Å². The van der Waals surface area contributed by atoms with Gasteiger partial charge < -0.3 is 9.90 Å². The van der Waals surface area contributed by atoms with Crippen molar-refractivity contribution in [1.82, 2.24) is 0 Å². The van der Waals surface area contributed by atoms with Crippen LogP contribution in [0, 0.1) is 0 Å². The molecule has 2 nitrogen and oxygen atoms in total. The maximum atomic E-state index is 9.56. The zero-order valence-electron chi connectivity index (χ0n) is 6.26. The zero-order chi connectivity index (χ0) is 7.54. The van der Waals surface area contributed by atoms with Gasteiger partial charge in [0.2, 0.25) is 0 Å². The number of hydrogen-bond acceptors (Lipinski definition) is 2. The summed E-state index contributed by atoms with van der Waals surface area (Å²) in [5.74, 6) is 0. The number of rotatable bonds is 3. The molecule has 1 N–H and O–H groups in total. The Balaban J connectivity index is 0. The van der Waals surface area contributed by atoms with Crippen molar-refractivity contribution in [1.29, 1.82) is 0 Å². The van der Waals surface area contributed by atoms with Crippen molar-refractivity contribution in [2.45, 2.75) is 33.1 Å². The topological polar surface area (TPSA) is 37.3 Å². The number of hydrogen-bond donors (Lipinski definition) is 1. The molecule has 0 atom stereocenters. The van der Waals surface area contributed by atoms with Crippen LogP contribution in [0.2, 0.25) is 0 Å². The van der Waals surface area contributed by atoms with E-state index in [9.17, 15) is 4.79 Å². The molecular weight excluding hydrogens is 116 g/mol. The molecule has 0 amide bonds. The van der Waals surface area contributed by atoms with Crippen LogP contribution in [0.1, 0.15) is 33.1 Å². The first-order chi connectivity index (χ1) is 4.33. The van der Waals surface area contributed by atoms with Gasteiger partial charge in [0.05, 0.1) is 0 Å². The third-order valence-electron chi connectivity index (χ3n) is 0.676. The number of carbonyl (C=O) groups is 1. The summed E-state index contributed by atoms with van der Waals surface area (Å²) in [6.45, 7) is 4.00. The largest absolute Gasteiger partial charge is 0.397 e. The highest BCUT2D eigenvalue weighted by Gasteiger charge is 1.74. The van der Waals surface area contributed by atoms with Gasteiger partial charge in [0.15, 0.2) is 0 Å². The van der Waals surface area contributed by atoms with Crippen LogP contribution >= 0.6 is 0 Å². The minimum atomic E-state index is 0.250. The standard InChI is InChI=1S/C5H10O.C2H6O/c1-2-3-4-5-6;1-2-3/h5H,2-4H2,1H3;3H,2H2,1H3. The Morgan fingerprint density at radius 2 is 1.89 bits per heavy atom. The quantitative estimate of drug-likeness (QED) is 0.465. The van der Waals surface area contributed by atoms with Gasteiger partial charge in [0.1, 0.15) is 6.29 Å². The fraction of sp³-hybridized carbons (Fsp3) is 0.857. The van der Waals surface area contributed by atoms with Crippen molar-refractivity contribution in [3.63, 3.8) is 0 Å². The first-order valence-corrected chi connectivity index (χ1v) is 3.37. The zero-order valence-corrected chi connectivity index (χ0v) is 6.26. The van der Waals surface area contributed by atoms with Gasteiger partial charge in [-0.25, -0.2) is 0 Å². The molecule has 0 radical (unpaired) electrons. The second-order valence-corrected chi connectivity index (χ2v) is 1.63. The molecule has 0 unspecified atom stereocenters. The predicted molar refractivity (Wildman–Crippen MR) is 38.3 cm³/mol. The summed E-state index contributed by atoms with van der Waals surface area (Å²) in [6, 6.07) is 0. The summed E-state index contributed by atoms with van der Waals surface area (Å²) in [4.78, 5) is 9.56. The van der Waals surface area contributed by atoms with E-state index in [1.54, 1.807) is 6.92 Å². The number of aliphatic hydroxyl groups excluding tert-OH is 1. The molecule has 0 rings (SSSR count). The van der Waals surface area contributed by atoms with Crippen molar-refractivity contribution in [3.8, 4) is 0 Å². The van der Waals surface area contributed by atoms with Gasteiger partial charge in [0, 0.05) is 13.0 Å². The van der Waals surface area contributed by atoms with Gasteiger partial charge in [-0.3, -0.25) is 0 Å². The summed E-state index contributed by atoms with van der Waals surface area (Å²) < 4.78 is 0. The fourth-order valence-electron chi connectivity index (χ4n) is 0.287. The van der Waals surface area contributed by atoms with Gasteiger partial charge in [-0.05, 0) is 13.3 Å². The maximum Gasteiger partial charge on any atom is 0.119 e. The van der Waals surface area contributed by atoms with E-state index in [1.165, 1.54) is 0 Å². The molecule has 0 saturated carbocycles. The highest BCUT2D eigenvalue weighted by Crippen LogP contribution is 1.87. The van der Waals surface area contributed by atoms with E-state index in [1.807, 2.05) is 0 Å². The molecule has 0 aliphatic carbocycles. The summed E-state index contributed by atoms with van der Waals surface area (Å²) in [5, 5.41) is 7.57. The van der Waals surface area contributed by atoms with Crippen LogP contribution in [0.3, 0.4) is 0 Å². The lowest BCUT2D eigenvalue weighted by Crippen LogP contribution is -1.70.